The van der Waals surface area contributed by atoms with Crippen molar-refractivity contribution in [2.75, 3.05) is 6.54 Å². The Morgan fingerprint density at radius 2 is 2.06 bits per heavy atom. The van der Waals surface area contributed by atoms with Crippen molar-refractivity contribution in [2.24, 2.45) is 5.73 Å². The normalized spacial score (nSPS) is 18.6. The molecule has 3 N–H and O–H groups in total. The molecule has 1 aromatic heterocycles. The maximum absolute atomic E-state index is 12.2. The van der Waals surface area contributed by atoms with Gasteiger partial charge in [-0.25, -0.2) is 13.1 Å². The highest BCUT2D eigenvalue weighted by atomic mass is 79.9. The SMILES string of the molecule is Cl.NCC1(NS(=O)(=O)c2sccc2Br)CCCC1. The van der Waals surface area contributed by atoms with Crippen LogP contribution in [0.25, 0.3) is 0 Å². The van der Waals surface area contributed by atoms with Gasteiger partial charge in [0.2, 0.25) is 0 Å². The van der Waals surface area contributed by atoms with E-state index in [1.165, 1.54) is 11.3 Å². The second-order valence-corrected chi connectivity index (χ2v) is 8.00. The van der Waals surface area contributed by atoms with Crippen molar-refractivity contribution in [1.29, 1.82) is 0 Å². The summed E-state index contributed by atoms with van der Waals surface area (Å²) in [6.45, 7) is 0.356. The van der Waals surface area contributed by atoms with Crippen molar-refractivity contribution in [1.82, 2.24) is 4.72 Å². The van der Waals surface area contributed by atoms with Crippen molar-refractivity contribution < 1.29 is 8.42 Å². The molecular formula is C10H16BrClN2O2S2. The monoisotopic (exact) mass is 374 g/mol. The van der Waals surface area contributed by atoms with Gasteiger partial charge in [-0.3, -0.25) is 0 Å². The summed E-state index contributed by atoms with van der Waals surface area (Å²) < 4.78 is 28.2. The minimum atomic E-state index is -3.46. The summed E-state index contributed by atoms with van der Waals surface area (Å²) in [5.41, 5.74) is 5.29. The van der Waals surface area contributed by atoms with Crippen molar-refractivity contribution in [3.63, 3.8) is 0 Å². The minimum Gasteiger partial charge on any atom is -0.329 e. The highest BCUT2D eigenvalue weighted by Gasteiger charge is 2.37. The molecule has 0 aliphatic heterocycles. The molecule has 1 aliphatic carbocycles. The Kier molecular flexibility index (Phi) is 5.64. The molecule has 2 rings (SSSR count). The molecule has 0 unspecified atom stereocenters. The average molecular weight is 376 g/mol. The van der Waals surface area contributed by atoms with E-state index in [2.05, 4.69) is 20.7 Å². The van der Waals surface area contributed by atoms with Crippen LogP contribution in [0.4, 0.5) is 0 Å². The summed E-state index contributed by atoms with van der Waals surface area (Å²) in [4.78, 5) is 0. The van der Waals surface area contributed by atoms with Gasteiger partial charge in [0.1, 0.15) is 4.21 Å². The van der Waals surface area contributed by atoms with Crippen LogP contribution in [0, 0.1) is 0 Å². The van der Waals surface area contributed by atoms with Gasteiger partial charge in [0.25, 0.3) is 10.0 Å². The van der Waals surface area contributed by atoms with Crippen LogP contribution < -0.4 is 10.5 Å². The first-order valence-electron chi connectivity index (χ1n) is 5.46. The van der Waals surface area contributed by atoms with Crippen LogP contribution in [0.1, 0.15) is 25.7 Å². The van der Waals surface area contributed by atoms with E-state index in [9.17, 15) is 8.42 Å². The van der Waals surface area contributed by atoms with Crippen LogP contribution >= 0.6 is 39.7 Å². The summed E-state index contributed by atoms with van der Waals surface area (Å²) in [6, 6.07) is 1.74. The Labute approximate surface area is 126 Å². The molecule has 104 valence electrons. The van der Waals surface area contributed by atoms with Crippen LogP contribution in [0.2, 0.25) is 0 Å². The fourth-order valence-corrected chi connectivity index (χ4v) is 6.01. The van der Waals surface area contributed by atoms with Gasteiger partial charge < -0.3 is 5.73 Å². The van der Waals surface area contributed by atoms with E-state index >= 15 is 0 Å². The molecule has 1 fully saturated rings. The van der Waals surface area contributed by atoms with Crippen LogP contribution in [-0.2, 0) is 10.0 Å². The Bertz CT molecular complexity index is 498. The lowest BCUT2D eigenvalue weighted by molar-refractivity contribution is 0.400. The number of thiophene rings is 1. The second-order valence-electron chi connectivity index (χ2n) is 4.35. The highest BCUT2D eigenvalue weighted by Crippen LogP contribution is 2.33. The van der Waals surface area contributed by atoms with Gasteiger partial charge in [-0.2, -0.15) is 0 Å². The molecule has 0 saturated heterocycles. The predicted molar refractivity (Wildman–Crippen MR) is 79.8 cm³/mol. The zero-order chi connectivity index (χ0) is 12.5. The molecule has 1 heterocycles. The molecule has 0 amide bonds. The molecule has 0 bridgehead atoms. The van der Waals surface area contributed by atoms with Crippen LogP contribution in [-0.4, -0.2) is 20.5 Å². The van der Waals surface area contributed by atoms with Crippen molar-refractivity contribution in [2.45, 2.75) is 35.4 Å². The zero-order valence-electron chi connectivity index (χ0n) is 9.69. The number of hydrogen-bond acceptors (Lipinski definition) is 4. The average Bonchev–Trinajstić information content (AvgIpc) is 2.87. The molecule has 0 aromatic carbocycles. The van der Waals surface area contributed by atoms with Gasteiger partial charge in [-0.15, -0.1) is 23.7 Å². The summed E-state index contributed by atoms with van der Waals surface area (Å²) in [6.07, 6.45) is 3.72. The maximum Gasteiger partial charge on any atom is 0.251 e. The van der Waals surface area contributed by atoms with Gasteiger partial charge in [0, 0.05) is 16.6 Å². The lowest BCUT2D eigenvalue weighted by Gasteiger charge is -2.27. The molecular weight excluding hydrogens is 360 g/mol. The van der Waals surface area contributed by atoms with Gasteiger partial charge >= 0.3 is 0 Å². The first-order valence-corrected chi connectivity index (χ1v) is 8.62. The minimum absolute atomic E-state index is 0. The van der Waals surface area contributed by atoms with E-state index in [-0.39, 0.29) is 12.4 Å². The first kappa shape index (κ1) is 16.4. The fraction of sp³-hybridized carbons (Fsp3) is 0.600. The Morgan fingerprint density at radius 1 is 1.44 bits per heavy atom. The Hall–Kier alpha value is 0.340. The molecule has 8 heteroatoms. The van der Waals surface area contributed by atoms with Crippen molar-refractivity contribution in [3.05, 3.63) is 15.9 Å². The van der Waals surface area contributed by atoms with E-state index in [1.807, 2.05) is 0 Å². The molecule has 18 heavy (non-hydrogen) atoms. The predicted octanol–water partition coefficient (Wildman–Crippen LogP) is 2.48. The molecule has 1 aromatic rings. The lowest BCUT2D eigenvalue weighted by Crippen LogP contribution is -2.51. The summed E-state index contributed by atoms with van der Waals surface area (Å²) in [5, 5.41) is 1.75. The summed E-state index contributed by atoms with van der Waals surface area (Å²) >= 11 is 4.46. The van der Waals surface area contributed by atoms with Crippen LogP contribution in [0.15, 0.2) is 20.1 Å². The fourth-order valence-electron chi connectivity index (χ4n) is 2.20. The lowest BCUT2D eigenvalue weighted by atomic mass is 10.0. The van der Waals surface area contributed by atoms with E-state index in [4.69, 9.17) is 5.73 Å². The molecule has 1 saturated carbocycles. The van der Waals surface area contributed by atoms with Crippen LogP contribution in [0.3, 0.4) is 0 Å². The number of hydrogen-bond donors (Lipinski definition) is 2. The first-order chi connectivity index (χ1) is 7.99. The number of rotatable bonds is 4. The molecule has 0 spiro atoms. The Morgan fingerprint density at radius 3 is 2.50 bits per heavy atom. The van der Waals surface area contributed by atoms with E-state index < -0.39 is 15.6 Å². The number of halogens is 2. The van der Waals surface area contributed by atoms with Gasteiger partial charge in [-0.1, -0.05) is 12.8 Å². The molecule has 0 radical (unpaired) electrons. The van der Waals surface area contributed by atoms with E-state index in [0.717, 1.165) is 25.7 Å². The Balaban J connectivity index is 0.00000162. The largest absolute Gasteiger partial charge is 0.329 e. The third kappa shape index (κ3) is 3.26. The standard InChI is InChI=1S/C10H15BrN2O2S2.ClH/c11-8-3-6-16-9(8)17(14,15)13-10(7-12)4-1-2-5-10;/h3,6,13H,1-2,4-5,7,12H2;1H. The maximum atomic E-state index is 12.2. The summed E-state index contributed by atoms with van der Waals surface area (Å²) in [7, 11) is -3.46. The number of nitrogens with two attached hydrogens (primary N) is 1. The topological polar surface area (TPSA) is 72.2 Å². The summed E-state index contributed by atoms with van der Waals surface area (Å²) in [5.74, 6) is 0. The smallest absolute Gasteiger partial charge is 0.251 e. The highest BCUT2D eigenvalue weighted by molar-refractivity contribution is 9.10. The van der Waals surface area contributed by atoms with Crippen molar-refractivity contribution in [3.8, 4) is 0 Å². The van der Waals surface area contributed by atoms with E-state index in [1.54, 1.807) is 11.4 Å². The number of nitrogens with one attached hydrogen (secondary N) is 1. The zero-order valence-corrected chi connectivity index (χ0v) is 13.7. The van der Waals surface area contributed by atoms with Gasteiger partial charge in [0.05, 0.1) is 0 Å². The third-order valence-electron chi connectivity index (χ3n) is 3.13. The van der Waals surface area contributed by atoms with Gasteiger partial charge in [-0.05, 0) is 40.2 Å². The van der Waals surface area contributed by atoms with Gasteiger partial charge in [0.15, 0.2) is 0 Å². The van der Waals surface area contributed by atoms with Crippen LogP contribution in [0.5, 0.6) is 0 Å². The quantitative estimate of drug-likeness (QED) is 0.849. The number of sulfonamides is 1. The molecule has 1 aliphatic rings. The third-order valence-corrected chi connectivity index (χ3v) is 7.38. The van der Waals surface area contributed by atoms with Crippen molar-refractivity contribution >= 4 is 49.7 Å². The van der Waals surface area contributed by atoms with E-state index in [0.29, 0.717) is 15.2 Å². The molecule has 4 nitrogen and oxygen atoms in total. The molecule has 0 atom stereocenters. The second kappa shape index (κ2) is 6.19.